The summed E-state index contributed by atoms with van der Waals surface area (Å²) in [5, 5.41) is 6.69. The van der Waals surface area contributed by atoms with Crippen LogP contribution in [0, 0.1) is 6.92 Å². The zero-order valence-corrected chi connectivity index (χ0v) is 17.9. The van der Waals surface area contributed by atoms with Crippen molar-refractivity contribution in [2.75, 3.05) is 31.9 Å². The molecule has 2 unspecified atom stereocenters. The highest BCUT2D eigenvalue weighted by molar-refractivity contribution is 7.90. The molecule has 11 heteroatoms. The fraction of sp³-hybridized carbons (Fsp3) is 0.526. The first-order valence-electron chi connectivity index (χ1n) is 9.67. The Balaban J connectivity index is 1.55. The third kappa shape index (κ3) is 4.47. The molecule has 162 valence electrons. The number of sulfone groups is 1. The van der Waals surface area contributed by atoms with Gasteiger partial charge in [-0.05, 0) is 19.1 Å². The Morgan fingerprint density at radius 3 is 2.57 bits per heavy atom. The fourth-order valence-corrected chi connectivity index (χ4v) is 4.38. The lowest BCUT2D eigenvalue weighted by Crippen LogP contribution is -2.56. The summed E-state index contributed by atoms with van der Waals surface area (Å²) < 4.78 is 40.7. The van der Waals surface area contributed by atoms with Gasteiger partial charge < -0.3 is 24.8 Å². The van der Waals surface area contributed by atoms with Crippen LogP contribution in [0.15, 0.2) is 23.5 Å². The quantitative estimate of drug-likeness (QED) is 0.684. The molecule has 0 radical (unpaired) electrons. The van der Waals surface area contributed by atoms with Gasteiger partial charge in [-0.2, -0.15) is 4.98 Å². The van der Waals surface area contributed by atoms with Crippen molar-refractivity contribution < 1.29 is 22.6 Å². The Labute approximate surface area is 175 Å². The van der Waals surface area contributed by atoms with E-state index in [2.05, 4.69) is 25.6 Å². The van der Waals surface area contributed by atoms with E-state index in [9.17, 15) is 8.42 Å². The summed E-state index contributed by atoms with van der Waals surface area (Å²) in [4.78, 5) is 12.7. The molecule has 0 spiro atoms. The topological polar surface area (TPSA) is 125 Å². The number of rotatable bonds is 6. The summed E-state index contributed by atoms with van der Waals surface area (Å²) >= 11 is 0. The molecule has 2 aliphatic heterocycles. The minimum absolute atomic E-state index is 0.000697. The minimum atomic E-state index is -3.38. The number of fused-ring (bicyclic) bond motifs is 2. The lowest BCUT2D eigenvalue weighted by molar-refractivity contribution is -0.0137. The zero-order valence-electron chi connectivity index (χ0n) is 17.1. The van der Waals surface area contributed by atoms with Crippen molar-refractivity contribution in [3.8, 4) is 11.6 Å². The number of hydrogen-bond donors (Lipinski definition) is 2. The molecular formula is C19H25N5O5S. The molecule has 0 saturated carbocycles. The molecule has 30 heavy (non-hydrogen) atoms. The predicted molar refractivity (Wildman–Crippen MR) is 109 cm³/mol. The summed E-state index contributed by atoms with van der Waals surface area (Å²) in [6.07, 6.45) is 4.17. The highest BCUT2D eigenvalue weighted by Crippen LogP contribution is 2.35. The molecule has 4 rings (SSSR count). The predicted octanol–water partition coefficient (Wildman–Crippen LogP) is 1.23. The molecule has 4 heterocycles. The van der Waals surface area contributed by atoms with Crippen molar-refractivity contribution in [3.63, 3.8) is 0 Å². The van der Waals surface area contributed by atoms with Crippen molar-refractivity contribution in [3.05, 3.63) is 24.2 Å². The number of nitrogens with zero attached hydrogens (tertiary/aromatic N) is 3. The molecule has 2 aromatic heterocycles. The van der Waals surface area contributed by atoms with Gasteiger partial charge in [0.05, 0.1) is 31.7 Å². The average molecular weight is 436 g/mol. The van der Waals surface area contributed by atoms with Gasteiger partial charge in [0, 0.05) is 31.2 Å². The summed E-state index contributed by atoms with van der Waals surface area (Å²) in [5.74, 6) is 1.15. The minimum Gasteiger partial charge on any atom is -0.489 e. The third-order valence-corrected chi connectivity index (χ3v) is 6.14. The first kappa shape index (κ1) is 20.8. The van der Waals surface area contributed by atoms with E-state index in [-0.39, 0.29) is 23.2 Å². The number of aromatic nitrogens is 3. The Morgan fingerprint density at radius 1 is 1.20 bits per heavy atom. The van der Waals surface area contributed by atoms with Gasteiger partial charge in [0.25, 0.3) is 5.88 Å². The van der Waals surface area contributed by atoms with E-state index in [1.165, 1.54) is 19.5 Å². The Morgan fingerprint density at radius 2 is 1.93 bits per heavy atom. The van der Waals surface area contributed by atoms with E-state index in [0.29, 0.717) is 42.0 Å². The second-order valence-corrected chi connectivity index (χ2v) is 9.51. The van der Waals surface area contributed by atoms with Gasteiger partial charge in [-0.1, -0.05) is 0 Å². The third-order valence-electron chi connectivity index (χ3n) is 5.15. The van der Waals surface area contributed by atoms with Crippen LogP contribution in [-0.2, 0) is 14.6 Å². The van der Waals surface area contributed by atoms with Gasteiger partial charge >= 0.3 is 0 Å². The Kier molecular flexibility index (Phi) is 5.76. The average Bonchev–Trinajstić information content (AvgIpc) is 2.69. The van der Waals surface area contributed by atoms with Crippen LogP contribution in [0.2, 0.25) is 0 Å². The second kappa shape index (κ2) is 8.32. The van der Waals surface area contributed by atoms with Crippen molar-refractivity contribution in [1.82, 2.24) is 20.3 Å². The molecule has 0 aliphatic carbocycles. The fourth-order valence-electron chi connectivity index (χ4n) is 3.76. The summed E-state index contributed by atoms with van der Waals surface area (Å²) in [5.41, 5.74) is 1.13. The zero-order chi connectivity index (χ0) is 21.3. The number of ether oxygens (including phenoxy) is 3. The molecule has 2 bridgehead atoms. The normalized spacial score (nSPS) is 23.6. The van der Waals surface area contributed by atoms with E-state index in [4.69, 9.17) is 14.2 Å². The van der Waals surface area contributed by atoms with Crippen LogP contribution in [0.25, 0.3) is 0 Å². The van der Waals surface area contributed by atoms with Crippen LogP contribution < -0.4 is 20.1 Å². The molecule has 2 saturated heterocycles. The van der Waals surface area contributed by atoms with E-state index in [0.717, 1.165) is 19.1 Å². The number of morpholine rings is 1. The number of hydrogen-bond acceptors (Lipinski definition) is 10. The highest BCUT2D eigenvalue weighted by atomic mass is 32.2. The summed E-state index contributed by atoms with van der Waals surface area (Å²) in [6, 6.07) is 3.64. The van der Waals surface area contributed by atoms with Crippen LogP contribution in [0.3, 0.4) is 0 Å². The van der Waals surface area contributed by atoms with Crippen molar-refractivity contribution in [1.29, 1.82) is 0 Å². The molecule has 2 atom stereocenters. The standard InChI is InChI=1S/C19H25N5O5S/c1-11-15(4-5-16(22-11)30(3,25)26)24-18-17(27-2)19(21-10-20-18)29-14-6-12-8-28-9-13(7-14)23-12/h4-5,10,12-14,23H,6-9H2,1-3H3,(H,20,21,24). The van der Waals surface area contributed by atoms with Gasteiger partial charge in [0.15, 0.2) is 20.7 Å². The van der Waals surface area contributed by atoms with E-state index >= 15 is 0 Å². The largest absolute Gasteiger partial charge is 0.489 e. The van der Waals surface area contributed by atoms with Gasteiger partial charge in [0.2, 0.25) is 5.75 Å². The van der Waals surface area contributed by atoms with Crippen LogP contribution in [0.5, 0.6) is 11.6 Å². The van der Waals surface area contributed by atoms with Crippen molar-refractivity contribution in [2.45, 2.75) is 43.0 Å². The SMILES string of the molecule is COc1c(Nc2ccc(S(C)(=O)=O)nc2C)ncnc1OC1CC2COCC(C1)N2. The molecule has 2 fully saturated rings. The number of aryl methyl sites for hydroxylation is 1. The number of piperidine rings is 1. The second-order valence-electron chi connectivity index (χ2n) is 7.55. The maximum absolute atomic E-state index is 11.7. The van der Waals surface area contributed by atoms with Gasteiger partial charge in [-0.3, -0.25) is 0 Å². The lowest BCUT2D eigenvalue weighted by Gasteiger charge is -2.39. The first-order chi connectivity index (χ1) is 14.3. The maximum Gasteiger partial charge on any atom is 0.262 e. The monoisotopic (exact) mass is 435 g/mol. The van der Waals surface area contributed by atoms with Crippen LogP contribution in [0.4, 0.5) is 11.5 Å². The van der Waals surface area contributed by atoms with Gasteiger partial charge in [-0.15, -0.1) is 0 Å². The van der Waals surface area contributed by atoms with E-state index in [1.54, 1.807) is 13.0 Å². The molecule has 0 aromatic carbocycles. The smallest absolute Gasteiger partial charge is 0.262 e. The number of methoxy groups -OCH3 is 1. The van der Waals surface area contributed by atoms with Crippen molar-refractivity contribution in [2.24, 2.45) is 0 Å². The molecular weight excluding hydrogens is 410 g/mol. The number of nitrogens with one attached hydrogen (secondary N) is 2. The summed E-state index contributed by atoms with van der Waals surface area (Å²) in [6.45, 7) is 3.08. The number of anilines is 2. The molecule has 2 aromatic rings. The van der Waals surface area contributed by atoms with E-state index in [1.807, 2.05) is 0 Å². The Hall–Kier alpha value is -2.50. The highest BCUT2D eigenvalue weighted by Gasteiger charge is 2.34. The van der Waals surface area contributed by atoms with Gasteiger partial charge in [0.1, 0.15) is 12.4 Å². The first-order valence-corrected chi connectivity index (χ1v) is 11.6. The number of pyridine rings is 1. The van der Waals surface area contributed by atoms with Crippen LogP contribution >= 0.6 is 0 Å². The molecule has 10 nitrogen and oxygen atoms in total. The maximum atomic E-state index is 11.7. The van der Waals surface area contributed by atoms with E-state index < -0.39 is 9.84 Å². The van der Waals surface area contributed by atoms with Crippen LogP contribution in [-0.4, -0.2) is 68.1 Å². The Bertz CT molecular complexity index is 1020. The van der Waals surface area contributed by atoms with Crippen molar-refractivity contribution >= 4 is 21.3 Å². The summed E-state index contributed by atoms with van der Waals surface area (Å²) in [7, 11) is -1.85. The molecule has 0 amide bonds. The lowest BCUT2D eigenvalue weighted by atomic mass is 9.95. The molecule has 2 N–H and O–H groups in total. The van der Waals surface area contributed by atoms with Crippen LogP contribution in [0.1, 0.15) is 18.5 Å². The van der Waals surface area contributed by atoms with Gasteiger partial charge in [-0.25, -0.2) is 18.4 Å². The molecule has 2 aliphatic rings.